The van der Waals surface area contributed by atoms with Gasteiger partial charge in [0.05, 0.1) is 17.9 Å². The smallest absolute Gasteiger partial charge is 0.383 e. The van der Waals surface area contributed by atoms with E-state index in [4.69, 9.17) is 4.74 Å². The quantitative estimate of drug-likeness (QED) is 0.800. The Hall–Kier alpha value is -2.29. The SMILES string of the molecule is COCCN(CC(=O)Nc1ccccc1C(F)(F)F)C(=O)N(C)C1CC1. The van der Waals surface area contributed by atoms with E-state index < -0.39 is 17.6 Å². The van der Waals surface area contributed by atoms with Gasteiger partial charge in [-0.05, 0) is 25.0 Å². The third-order valence-corrected chi connectivity index (χ3v) is 4.07. The number of halogens is 3. The molecule has 0 aliphatic heterocycles. The van der Waals surface area contributed by atoms with Crippen molar-refractivity contribution in [1.29, 1.82) is 0 Å². The Balaban J connectivity index is 2.06. The second-order valence-corrected chi connectivity index (χ2v) is 6.13. The molecule has 1 N–H and O–H groups in total. The molecule has 0 radical (unpaired) electrons. The summed E-state index contributed by atoms with van der Waals surface area (Å²) in [7, 11) is 3.11. The van der Waals surface area contributed by atoms with Crippen molar-refractivity contribution in [3.05, 3.63) is 29.8 Å². The van der Waals surface area contributed by atoms with Gasteiger partial charge < -0.3 is 19.9 Å². The zero-order chi connectivity index (χ0) is 19.3. The number of hydrogen-bond donors (Lipinski definition) is 1. The van der Waals surface area contributed by atoms with Crippen molar-refractivity contribution in [2.45, 2.75) is 25.1 Å². The molecule has 1 aliphatic carbocycles. The highest BCUT2D eigenvalue weighted by atomic mass is 19.4. The summed E-state index contributed by atoms with van der Waals surface area (Å²) in [5, 5.41) is 2.25. The maximum absolute atomic E-state index is 13.0. The van der Waals surface area contributed by atoms with Crippen LogP contribution in [0.1, 0.15) is 18.4 Å². The maximum Gasteiger partial charge on any atom is 0.418 e. The third-order valence-electron chi connectivity index (χ3n) is 4.07. The van der Waals surface area contributed by atoms with Crippen molar-refractivity contribution >= 4 is 17.6 Å². The Morgan fingerprint density at radius 1 is 1.27 bits per heavy atom. The Morgan fingerprint density at radius 3 is 2.50 bits per heavy atom. The predicted octanol–water partition coefficient (Wildman–Crippen LogP) is 2.81. The van der Waals surface area contributed by atoms with Gasteiger partial charge in [-0.25, -0.2) is 4.79 Å². The van der Waals surface area contributed by atoms with Crippen LogP contribution in [0.15, 0.2) is 24.3 Å². The van der Waals surface area contributed by atoms with E-state index in [0.717, 1.165) is 18.9 Å². The lowest BCUT2D eigenvalue weighted by Gasteiger charge is -2.27. The van der Waals surface area contributed by atoms with Crippen molar-refractivity contribution in [3.63, 3.8) is 0 Å². The van der Waals surface area contributed by atoms with Crippen LogP contribution in [0.25, 0.3) is 0 Å². The predicted molar refractivity (Wildman–Crippen MR) is 89.7 cm³/mol. The van der Waals surface area contributed by atoms with Gasteiger partial charge in [0.1, 0.15) is 6.54 Å². The van der Waals surface area contributed by atoms with Crippen LogP contribution in [-0.4, -0.2) is 61.6 Å². The number of urea groups is 1. The molecule has 144 valence electrons. The van der Waals surface area contributed by atoms with Gasteiger partial charge in [-0.2, -0.15) is 13.2 Å². The van der Waals surface area contributed by atoms with Crippen LogP contribution in [0.2, 0.25) is 0 Å². The monoisotopic (exact) mass is 373 g/mol. The van der Waals surface area contributed by atoms with Gasteiger partial charge in [-0.15, -0.1) is 0 Å². The number of alkyl halides is 3. The molecule has 0 unspecified atom stereocenters. The number of amides is 3. The number of anilines is 1. The lowest BCUT2D eigenvalue weighted by Crippen LogP contribution is -2.47. The molecule has 2 rings (SSSR count). The number of benzene rings is 1. The second kappa shape index (κ2) is 8.39. The van der Waals surface area contributed by atoms with Crippen LogP contribution >= 0.6 is 0 Å². The molecular weight excluding hydrogens is 351 g/mol. The summed E-state index contributed by atoms with van der Waals surface area (Å²) in [5.41, 5.74) is -1.27. The van der Waals surface area contributed by atoms with Crippen LogP contribution in [0.5, 0.6) is 0 Å². The summed E-state index contributed by atoms with van der Waals surface area (Å²) in [6.45, 7) is 0.0306. The molecule has 6 nitrogen and oxygen atoms in total. The molecule has 0 atom stereocenters. The van der Waals surface area contributed by atoms with Gasteiger partial charge in [0.15, 0.2) is 0 Å². The van der Waals surface area contributed by atoms with E-state index in [1.54, 1.807) is 11.9 Å². The number of nitrogens with one attached hydrogen (secondary N) is 1. The highest BCUT2D eigenvalue weighted by molar-refractivity contribution is 5.95. The van der Waals surface area contributed by atoms with Crippen LogP contribution in [-0.2, 0) is 15.7 Å². The summed E-state index contributed by atoms with van der Waals surface area (Å²) in [5.74, 6) is -0.699. The molecular formula is C17H22F3N3O3. The molecule has 1 aliphatic rings. The standard InChI is InChI=1S/C17H22F3N3O3/c1-22(12-7-8-12)16(25)23(9-10-26-2)11-15(24)21-14-6-4-3-5-13(14)17(18,19)20/h3-6,12H,7-11H2,1-2H3,(H,21,24). The molecule has 26 heavy (non-hydrogen) atoms. The summed E-state index contributed by atoms with van der Waals surface area (Å²) >= 11 is 0. The summed E-state index contributed by atoms with van der Waals surface area (Å²) < 4.78 is 44.0. The van der Waals surface area contributed by atoms with E-state index in [1.807, 2.05) is 0 Å². The van der Waals surface area contributed by atoms with E-state index in [-0.39, 0.29) is 37.5 Å². The number of ether oxygens (including phenoxy) is 1. The number of carbonyl (C=O) groups is 2. The fourth-order valence-electron chi connectivity index (χ4n) is 2.49. The lowest BCUT2D eigenvalue weighted by atomic mass is 10.1. The minimum atomic E-state index is -4.58. The average Bonchev–Trinajstić information content (AvgIpc) is 3.41. The highest BCUT2D eigenvalue weighted by Gasteiger charge is 2.35. The average molecular weight is 373 g/mol. The number of rotatable bonds is 7. The molecule has 9 heteroatoms. The summed E-state index contributed by atoms with van der Waals surface area (Å²) in [6, 6.07) is 4.53. The van der Waals surface area contributed by atoms with Crippen LogP contribution < -0.4 is 5.32 Å². The minimum absolute atomic E-state index is 0.154. The number of nitrogens with zero attached hydrogens (tertiary/aromatic N) is 2. The highest BCUT2D eigenvalue weighted by Crippen LogP contribution is 2.34. The zero-order valence-corrected chi connectivity index (χ0v) is 14.7. The number of hydrogen-bond acceptors (Lipinski definition) is 3. The normalized spacial score (nSPS) is 14.0. The molecule has 1 aromatic rings. The summed E-state index contributed by atoms with van der Waals surface area (Å²) in [6.07, 6.45) is -2.77. The van der Waals surface area contributed by atoms with Crippen LogP contribution in [0.3, 0.4) is 0 Å². The number of methoxy groups -OCH3 is 1. The van der Waals surface area contributed by atoms with Gasteiger partial charge in [0.25, 0.3) is 0 Å². The zero-order valence-electron chi connectivity index (χ0n) is 14.7. The second-order valence-electron chi connectivity index (χ2n) is 6.13. The van der Waals surface area contributed by atoms with Gasteiger partial charge >= 0.3 is 12.2 Å². The van der Waals surface area contributed by atoms with Crippen molar-refractivity contribution in [3.8, 4) is 0 Å². The molecule has 3 amide bonds. The Labute approximate surface area is 149 Å². The van der Waals surface area contributed by atoms with Crippen molar-refractivity contribution in [2.24, 2.45) is 0 Å². The third kappa shape index (κ3) is 5.35. The molecule has 0 saturated heterocycles. The van der Waals surface area contributed by atoms with Crippen molar-refractivity contribution in [2.75, 3.05) is 39.2 Å². The van der Waals surface area contributed by atoms with Gasteiger partial charge in [-0.3, -0.25) is 4.79 Å². The number of para-hydroxylation sites is 1. The Morgan fingerprint density at radius 2 is 1.92 bits per heavy atom. The van der Waals surface area contributed by atoms with Gasteiger partial charge in [0.2, 0.25) is 5.91 Å². The van der Waals surface area contributed by atoms with E-state index in [0.29, 0.717) is 0 Å². The topological polar surface area (TPSA) is 61.9 Å². The molecule has 1 aromatic carbocycles. The van der Waals surface area contributed by atoms with E-state index in [2.05, 4.69) is 5.32 Å². The van der Waals surface area contributed by atoms with Crippen molar-refractivity contribution in [1.82, 2.24) is 9.80 Å². The Kier molecular flexibility index (Phi) is 6.47. The first-order valence-electron chi connectivity index (χ1n) is 8.20. The van der Waals surface area contributed by atoms with Crippen molar-refractivity contribution < 1.29 is 27.5 Å². The first kappa shape index (κ1) is 20.0. The van der Waals surface area contributed by atoms with Gasteiger partial charge in [0, 0.05) is 26.7 Å². The fourth-order valence-corrected chi connectivity index (χ4v) is 2.49. The van der Waals surface area contributed by atoms with Crippen LogP contribution in [0, 0.1) is 0 Å². The van der Waals surface area contributed by atoms with Crippen LogP contribution in [0.4, 0.5) is 23.7 Å². The Bertz CT molecular complexity index is 648. The first-order chi connectivity index (χ1) is 12.2. The molecule has 0 heterocycles. The van der Waals surface area contributed by atoms with E-state index in [1.165, 1.54) is 30.2 Å². The van der Waals surface area contributed by atoms with Gasteiger partial charge in [-0.1, -0.05) is 12.1 Å². The molecule has 1 fully saturated rings. The fraction of sp³-hybridized carbons (Fsp3) is 0.529. The molecule has 1 saturated carbocycles. The van der Waals surface area contributed by atoms with E-state index in [9.17, 15) is 22.8 Å². The van der Waals surface area contributed by atoms with E-state index >= 15 is 0 Å². The number of carbonyl (C=O) groups excluding carboxylic acids is 2. The first-order valence-corrected chi connectivity index (χ1v) is 8.20. The maximum atomic E-state index is 13.0. The largest absolute Gasteiger partial charge is 0.418 e. The molecule has 0 spiro atoms. The minimum Gasteiger partial charge on any atom is -0.383 e. The lowest BCUT2D eigenvalue weighted by molar-refractivity contribution is -0.137. The molecule has 0 bridgehead atoms. The summed E-state index contributed by atoms with van der Waals surface area (Å²) in [4.78, 5) is 27.5. The molecule has 0 aromatic heterocycles.